The van der Waals surface area contributed by atoms with Crippen LogP contribution in [0, 0.1) is 11.3 Å². The van der Waals surface area contributed by atoms with Crippen molar-refractivity contribution in [3.8, 4) is 6.07 Å². The number of hydrogen-bond donors (Lipinski definition) is 0. The molecule has 1 saturated heterocycles. The summed E-state index contributed by atoms with van der Waals surface area (Å²) in [5.41, 5.74) is 2.15. The van der Waals surface area contributed by atoms with Crippen molar-refractivity contribution in [2.45, 2.75) is 43.8 Å². The Hall–Kier alpha value is -2.10. The molecule has 1 heterocycles. The van der Waals surface area contributed by atoms with Gasteiger partial charge in [0.1, 0.15) is 12.7 Å². The summed E-state index contributed by atoms with van der Waals surface area (Å²) in [5, 5.41) is 8.59. The Bertz CT molecular complexity index is 617. The molecular weight excluding hydrogens is 320 g/mol. The van der Waals surface area contributed by atoms with Crippen molar-refractivity contribution >= 4 is 11.8 Å². The normalized spacial score (nSPS) is 26.3. The minimum Gasteiger partial charge on any atom is -0.441 e. The number of cyclic esters (lactones) is 1. The fraction of sp³-hybridized carbons (Fsp3) is 0.579. The zero-order valence-corrected chi connectivity index (χ0v) is 14.5. The van der Waals surface area contributed by atoms with Gasteiger partial charge < -0.3 is 14.2 Å². The van der Waals surface area contributed by atoms with Gasteiger partial charge in [-0.15, -0.1) is 0 Å². The van der Waals surface area contributed by atoms with E-state index in [1.54, 1.807) is 12.0 Å². The Morgan fingerprint density at radius 3 is 2.60 bits per heavy atom. The van der Waals surface area contributed by atoms with Crippen LogP contribution in [0.5, 0.6) is 0 Å². The van der Waals surface area contributed by atoms with Gasteiger partial charge in [0.25, 0.3) is 0 Å². The van der Waals surface area contributed by atoms with Crippen molar-refractivity contribution in [2.24, 2.45) is 0 Å². The lowest BCUT2D eigenvalue weighted by Crippen LogP contribution is -2.25. The molecule has 1 saturated carbocycles. The first-order chi connectivity index (χ1) is 12.2. The number of hydrogen-bond acceptors (Lipinski definition) is 5. The van der Waals surface area contributed by atoms with Crippen LogP contribution in [0.25, 0.3) is 0 Å². The monoisotopic (exact) mass is 344 g/mol. The molecule has 2 fully saturated rings. The number of amides is 1. The third-order valence-corrected chi connectivity index (χ3v) is 4.96. The Morgan fingerprint density at radius 1 is 1.24 bits per heavy atom. The van der Waals surface area contributed by atoms with Crippen molar-refractivity contribution in [3.05, 3.63) is 29.8 Å². The lowest BCUT2D eigenvalue weighted by molar-refractivity contribution is 0.0446. The first kappa shape index (κ1) is 17.7. The second-order valence-electron chi connectivity index (χ2n) is 6.61. The van der Waals surface area contributed by atoms with Crippen LogP contribution in [-0.4, -0.2) is 45.2 Å². The highest BCUT2D eigenvalue weighted by atomic mass is 16.6. The topological polar surface area (TPSA) is 71.8 Å². The SMILES string of the molecule is COC[C@H]1CN(c2ccc([C@H]3CC[C@H](OCC#N)CC3)cc2)C(=O)O1. The molecule has 0 spiro atoms. The predicted molar refractivity (Wildman–Crippen MR) is 92.5 cm³/mol. The molecule has 2 aliphatic rings. The molecule has 6 nitrogen and oxygen atoms in total. The number of nitriles is 1. The van der Waals surface area contributed by atoms with E-state index in [9.17, 15) is 4.79 Å². The maximum absolute atomic E-state index is 12.0. The molecule has 134 valence electrons. The quantitative estimate of drug-likeness (QED) is 0.792. The molecule has 0 bridgehead atoms. The number of nitrogens with zero attached hydrogens (tertiary/aromatic N) is 2. The number of methoxy groups -OCH3 is 1. The molecule has 0 radical (unpaired) electrons. The second kappa shape index (κ2) is 8.32. The Balaban J connectivity index is 1.56. The summed E-state index contributed by atoms with van der Waals surface area (Å²) in [4.78, 5) is 13.6. The number of ether oxygens (including phenoxy) is 3. The van der Waals surface area contributed by atoms with Gasteiger partial charge in [-0.3, -0.25) is 4.90 Å². The van der Waals surface area contributed by atoms with Crippen molar-refractivity contribution in [1.82, 2.24) is 0 Å². The van der Waals surface area contributed by atoms with Gasteiger partial charge in [0.2, 0.25) is 0 Å². The van der Waals surface area contributed by atoms with Crippen molar-refractivity contribution in [1.29, 1.82) is 5.26 Å². The Morgan fingerprint density at radius 2 is 1.96 bits per heavy atom. The Kier molecular flexibility index (Phi) is 5.90. The lowest BCUT2D eigenvalue weighted by Gasteiger charge is -2.28. The van der Waals surface area contributed by atoms with Crippen molar-refractivity contribution < 1.29 is 19.0 Å². The first-order valence-electron chi connectivity index (χ1n) is 8.77. The zero-order chi connectivity index (χ0) is 17.6. The molecule has 1 aromatic carbocycles. The van der Waals surface area contributed by atoms with E-state index in [1.807, 2.05) is 18.2 Å². The predicted octanol–water partition coefficient (Wildman–Crippen LogP) is 3.22. The van der Waals surface area contributed by atoms with Crippen LogP contribution in [0.3, 0.4) is 0 Å². The van der Waals surface area contributed by atoms with Crippen molar-refractivity contribution in [3.63, 3.8) is 0 Å². The van der Waals surface area contributed by atoms with E-state index in [0.29, 0.717) is 19.1 Å². The summed E-state index contributed by atoms with van der Waals surface area (Å²) in [6, 6.07) is 10.2. The third-order valence-electron chi connectivity index (χ3n) is 4.96. The van der Waals surface area contributed by atoms with Crippen LogP contribution < -0.4 is 4.90 Å². The van der Waals surface area contributed by atoms with E-state index in [0.717, 1.165) is 31.4 Å². The molecule has 0 unspecified atom stereocenters. The maximum atomic E-state index is 12.0. The summed E-state index contributed by atoms with van der Waals surface area (Å²) >= 11 is 0. The fourth-order valence-electron chi connectivity index (χ4n) is 3.65. The number of benzene rings is 1. The molecule has 3 rings (SSSR count). The molecule has 1 aliphatic heterocycles. The van der Waals surface area contributed by atoms with Gasteiger partial charge in [-0.25, -0.2) is 4.79 Å². The van der Waals surface area contributed by atoms with Crippen LogP contribution in [0.15, 0.2) is 24.3 Å². The van der Waals surface area contributed by atoms with E-state index in [-0.39, 0.29) is 24.9 Å². The fourth-order valence-corrected chi connectivity index (χ4v) is 3.65. The standard InChI is InChI=1S/C19H24N2O4/c1-23-13-18-12-21(19(22)25-18)16-6-2-14(3-7-16)15-4-8-17(9-5-15)24-11-10-20/h2-3,6-7,15,17-18H,4-5,8-9,11-13H2,1H3/t15-,17-,18-/m1/s1. The highest BCUT2D eigenvalue weighted by Gasteiger charge is 2.32. The number of carbonyl (C=O) groups is 1. The maximum Gasteiger partial charge on any atom is 0.414 e. The van der Waals surface area contributed by atoms with Gasteiger partial charge in [0.05, 0.1) is 25.3 Å². The minimum absolute atomic E-state index is 0.181. The summed E-state index contributed by atoms with van der Waals surface area (Å²) in [7, 11) is 1.60. The average molecular weight is 344 g/mol. The van der Waals surface area contributed by atoms with Gasteiger partial charge in [0, 0.05) is 12.8 Å². The van der Waals surface area contributed by atoms with Gasteiger partial charge in [0.15, 0.2) is 0 Å². The average Bonchev–Trinajstić information content (AvgIpc) is 3.01. The van der Waals surface area contributed by atoms with Gasteiger partial charge >= 0.3 is 6.09 Å². The van der Waals surface area contributed by atoms with E-state index in [4.69, 9.17) is 19.5 Å². The van der Waals surface area contributed by atoms with Crippen LogP contribution in [0.2, 0.25) is 0 Å². The van der Waals surface area contributed by atoms with Crippen LogP contribution in [0.4, 0.5) is 10.5 Å². The van der Waals surface area contributed by atoms with E-state index >= 15 is 0 Å². The molecule has 25 heavy (non-hydrogen) atoms. The highest BCUT2D eigenvalue weighted by Crippen LogP contribution is 2.35. The second-order valence-corrected chi connectivity index (χ2v) is 6.61. The van der Waals surface area contributed by atoms with Gasteiger partial charge in [-0.05, 0) is 49.3 Å². The lowest BCUT2D eigenvalue weighted by atomic mass is 9.82. The molecule has 1 atom stereocenters. The van der Waals surface area contributed by atoms with E-state index < -0.39 is 0 Å². The van der Waals surface area contributed by atoms with E-state index in [1.165, 1.54) is 5.56 Å². The van der Waals surface area contributed by atoms with Crippen LogP contribution in [-0.2, 0) is 14.2 Å². The summed E-state index contributed by atoms with van der Waals surface area (Å²) in [5.74, 6) is 0.516. The van der Waals surface area contributed by atoms with Gasteiger partial charge in [-0.1, -0.05) is 12.1 Å². The molecule has 1 aliphatic carbocycles. The first-order valence-corrected chi connectivity index (χ1v) is 8.77. The Labute approximate surface area is 148 Å². The summed E-state index contributed by atoms with van der Waals surface area (Å²) < 4.78 is 15.9. The molecular formula is C19H24N2O4. The van der Waals surface area contributed by atoms with Gasteiger partial charge in [-0.2, -0.15) is 5.26 Å². The summed E-state index contributed by atoms with van der Waals surface area (Å²) in [6.07, 6.45) is 3.81. The largest absolute Gasteiger partial charge is 0.441 e. The molecule has 6 heteroatoms. The minimum atomic E-state index is -0.315. The van der Waals surface area contributed by atoms with E-state index in [2.05, 4.69) is 12.1 Å². The zero-order valence-electron chi connectivity index (χ0n) is 14.5. The molecule has 1 amide bonds. The van der Waals surface area contributed by atoms with Crippen molar-refractivity contribution in [2.75, 3.05) is 31.8 Å². The van der Waals surface area contributed by atoms with Crippen LogP contribution in [0.1, 0.15) is 37.2 Å². The molecule has 1 aromatic rings. The smallest absolute Gasteiger partial charge is 0.414 e. The number of carbonyl (C=O) groups excluding carboxylic acids is 1. The number of rotatable bonds is 6. The molecule has 0 N–H and O–H groups in total. The highest BCUT2D eigenvalue weighted by molar-refractivity contribution is 5.89. The molecule has 0 aromatic heterocycles. The van der Waals surface area contributed by atoms with Crippen LogP contribution >= 0.6 is 0 Å². The third kappa shape index (κ3) is 4.30. The summed E-state index contributed by atoms with van der Waals surface area (Å²) in [6.45, 7) is 1.12. The number of anilines is 1.